The number of halogens is 4. The second-order valence-electron chi connectivity index (χ2n) is 8.71. The van der Waals surface area contributed by atoms with Gasteiger partial charge in [0.15, 0.2) is 5.82 Å². The number of benzene rings is 1. The fourth-order valence-corrected chi connectivity index (χ4v) is 4.48. The zero-order valence-electron chi connectivity index (χ0n) is 19.3. The molecule has 184 valence electrons. The van der Waals surface area contributed by atoms with E-state index in [1.54, 1.807) is 30.3 Å². The lowest BCUT2D eigenvalue weighted by molar-refractivity contribution is -0.137. The lowest BCUT2D eigenvalue weighted by Gasteiger charge is -2.40. The maximum atomic E-state index is 14.4. The van der Waals surface area contributed by atoms with E-state index in [1.807, 2.05) is 6.92 Å². The van der Waals surface area contributed by atoms with E-state index in [-0.39, 0.29) is 35.8 Å². The van der Waals surface area contributed by atoms with E-state index in [4.69, 9.17) is 0 Å². The highest BCUT2D eigenvalue weighted by molar-refractivity contribution is 6.01. The number of aryl methyl sites for hydroxylation is 1. The molecule has 1 aliphatic heterocycles. The summed E-state index contributed by atoms with van der Waals surface area (Å²) in [6, 6.07) is 6.17. The summed E-state index contributed by atoms with van der Waals surface area (Å²) in [6.45, 7) is 4.49. The number of aromatic nitrogens is 3. The lowest BCUT2D eigenvalue weighted by Crippen LogP contribution is -2.51. The monoisotopic (exact) mass is 487 g/mol. The number of pyridine rings is 1. The van der Waals surface area contributed by atoms with Crippen molar-refractivity contribution in [1.82, 2.24) is 19.9 Å². The van der Waals surface area contributed by atoms with Crippen molar-refractivity contribution < 1.29 is 22.4 Å². The molecule has 0 saturated carbocycles. The number of hydrogen-bond donors (Lipinski definition) is 1. The third-order valence-corrected chi connectivity index (χ3v) is 6.28. The van der Waals surface area contributed by atoms with Gasteiger partial charge in [-0.1, -0.05) is 6.92 Å². The predicted octanol–water partition coefficient (Wildman–Crippen LogP) is 5.36. The number of anilines is 1. The Kier molecular flexibility index (Phi) is 7.00. The molecule has 0 aliphatic carbocycles. The van der Waals surface area contributed by atoms with Crippen molar-refractivity contribution >= 4 is 11.7 Å². The van der Waals surface area contributed by atoms with Gasteiger partial charge in [0.05, 0.1) is 17.2 Å². The first-order chi connectivity index (χ1) is 16.6. The fourth-order valence-electron chi connectivity index (χ4n) is 4.48. The largest absolute Gasteiger partial charge is 0.417 e. The number of rotatable bonds is 5. The highest BCUT2D eigenvalue weighted by atomic mass is 19.4. The summed E-state index contributed by atoms with van der Waals surface area (Å²) in [5.74, 6) is -0.140. The van der Waals surface area contributed by atoms with E-state index in [9.17, 15) is 22.4 Å². The quantitative estimate of drug-likeness (QED) is 0.491. The molecule has 0 radical (unpaired) electrons. The molecule has 1 saturated heterocycles. The van der Waals surface area contributed by atoms with Crippen molar-refractivity contribution in [3.05, 3.63) is 71.4 Å². The number of alkyl halides is 3. The van der Waals surface area contributed by atoms with E-state index >= 15 is 0 Å². The second kappa shape index (κ2) is 9.97. The van der Waals surface area contributed by atoms with Gasteiger partial charge in [-0.05, 0) is 61.6 Å². The summed E-state index contributed by atoms with van der Waals surface area (Å²) < 4.78 is 52.9. The maximum absolute atomic E-state index is 14.4. The zero-order chi connectivity index (χ0) is 25.2. The summed E-state index contributed by atoms with van der Waals surface area (Å²) >= 11 is 0. The zero-order valence-corrected chi connectivity index (χ0v) is 19.3. The first-order valence-electron chi connectivity index (χ1n) is 11.3. The van der Waals surface area contributed by atoms with Crippen LogP contribution in [0.1, 0.15) is 41.3 Å². The number of nitrogens with zero attached hydrogens (tertiary/aromatic N) is 4. The van der Waals surface area contributed by atoms with Crippen LogP contribution in [0.2, 0.25) is 0 Å². The van der Waals surface area contributed by atoms with Crippen LogP contribution < -0.4 is 5.32 Å². The summed E-state index contributed by atoms with van der Waals surface area (Å²) in [6.07, 6.45) is 1.10. The van der Waals surface area contributed by atoms with Gasteiger partial charge in [0.2, 0.25) is 0 Å². The molecule has 10 heteroatoms. The van der Waals surface area contributed by atoms with E-state index in [0.29, 0.717) is 23.5 Å². The highest BCUT2D eigenvalue weighted by Crippen LogP contribution is 2.32. The summed E-state index contributed by atoms with van der Waals surface area (Å²) in [4.78, 5) is 27.8. The van der Waals surface area contributed by atoms with Gasteiger partial charge in [0.25, 0.3) is 5.91 Å². The molecule has 1 fully saturated rings. The number of piperidine rings is 1. The van der Waals surface area contributed by atoms with Crippen LogP contribution in [-0.4, -0.2) is 44.9 Å². The Hall–Kier alpha value is -3.56. The Morgan fingerprint density at radius 2 is 1.91 bits per heavy atom. The minimum absolute atomic E-state index is 0.112. The van der Waals surface area contributed by atoms with Crippen molar-refractivity contribution in [2.45, 2.75) is 38.9 Å². The molecule has 0 spiro atoms. The standard InChI is InChI=1S/C25H25F4N5O/c1-15-5-3-10-34(20(15)14-33-21-7-6-17(13-32-21)25(27,28)29)24(35)19-12-18(26)11-16(2)22(19)23-30-8-4-9-31-23/h4,6-9,11-13,15,20H,3,5,10,14H2,1-2H3,(H,32,33)/t15-,20-/m1/s1. The van der Waals surface area contributed by atoms with Gasteiger partial charge in [-0.15, -0.1) is 0 Å². The van der Waals surface area contributed by atoms with Gasteiger partial charge >= 0.3 is 6.18 Å². The van der Waals surface area contributed by atoms with Crippen LogP contribution in [0, 0.1) is 18.7 Å². The Morgan fingerprint density at radius 3 is 2.57 bits per heavy atom. The normalized spacial score (nSPS) is 18.4. The molecule has 1 aromatic carbocycles. The second-order valence-corrected chi connectivity index (χ2v) is 8.71. The van der Waals surface area contributed by atoms with Crippen molar-refractivity contribution in [2.75, 3.05) is 18.4 Å². The van der Waals surface area contributed by atoms with Crippen molar-refractivity contribution in [3.63, 3.8) is 0 Å². The Bertz CT molecular complexity index is 1180. The molecular weight excluding hydrogens is 462 g/mol. The van der Waals surface area contributed by atoms with E-state index in [2.05, 4.69) is 20.3 Å². The topological polar surface area (TPSA) is 71.0 Å². The Morgan fingerprint density at radius 1 is 1.17 bits per heavy atom. The fraction of sp³-hybridized carbons (Fsp3) is 0.360. The predicted molar refractivity (Wildman–Crippen MR) is 123 cm³/mol. The molecule has 1 N–H and O–H groups in total. The van der Waals surface area contributed by atoms with Crippen LogP contribution in [0.4, 0.5) is 23.4 Å². The maximum Gasteiger partial charge on any atom is 0.417 e. The number of amides is 1. The van der Waals surface area contributed by atoms with E-state index < -0.39 is 17.6 Å². The molecule has 1 aliphatic rings. The van der Waals surface area contributed by atoms with Crippen LogP contribution in [0.15, 0.2) is 48.9 Å². The van der Waals surface area contributed by atoms with Crippen molar-refractivity contribution in [2.24, 2.45) is 5.92 Å². The molecule has 2 atom stereocenters. The molecule has 4 rings (SSSR count). The van der Waals surface area contributed by atoms with Gasteiger partial charge in [-0.25, -0.2) is 19.3 Å². The number of nitrogens with one attached hydrogen (secondary N) is 1. The van der Waals surface area contributed by atoms with Crippen LogP contribution >= 0.6 is 0 Å². The van der Waals surface area contributed by atoms with E-state index in [0.717, 1.165) is 25.1 Å². The van der Waals surface area contributed by atoms with Crippen LogP contribution in [-0.2, 0) is 6.18 Å². The average Bonchev–Trinajstić information content (AvgIpc) is 2.82. The van der Waals surface area contributed by atoms with Crippen LogP contribution in [0.5, 0.6) is 0 Å². The smallest absolute Gasteiger partial charge is 0.368 e. The van der Waals surface area contributed by atoms with Gasteiger partial charge < -0.3 is 10.2 Å². The average molecular weight is 488 g/mol. The molecule has 2 aromatic heterocycles. The lowest BCUT2D eigenvalue weighted by atomic mass is 9.89. The van der Waals surface area contributed by atoms with E-state index in [1.165, 1.54) is 18.2 Å². The van der Waals surface area contributed by atoms with Crippen LogP contribution in [0.3, 0.4) is 0 Å². The van der Waals surface area contributed by atoms with Crippen molar-refractivity contribution in [1.29, 1.82) is 0 Å². The SMILES string of the molecule is Cc1cc(F)cc(C(=O)N2CCC[C@@H](C)[C@H]2CNc2ccc(C(F)(F)F)cn2)c1-c1ncccn1. The first kappa shape index (κ1) is 24.6. The third kappa shape index (κ3) is 5.41. The van der Waals surface area contributed by atoms with Gasteiger partial charge in [0, 0.05) is 37.2 Å². The Balaban J connectivity index is 1.60. The highest BCUT2D eigenvalue weighted by Gasteiger charge is 2.34. The molecule has 35 heavy (non-hydrogen) atoms. The summed E-state index contributed by atoms with van der Waals surface area (Å²) in [5, 5.41) is 3.06. The number of likely N-dealkylation sites (tertiary alicyclic amines) is 1. The molecule has 0 unspecified atom stereocenters. The number of hydrogen-bond acceptors (Lipinski definition) is 5. The molecule has 6 nitrogen and oxygen atoms in total. The number of carbonyl (C=O) groups excluding carboxylic acids is 1. The first-order valence-corrected chi connectivity index (χ1v) is 11.3. The van der Waals surface area contributed by atoms with Gasteiger partial charge in [-0.3, -0.25) is 4.79 Å². The Labute approximate surface area is 200 Å². The molecule has 0 bridgehead atoms. The minimum atomic E-state index is -4.46. The molecule has 3 aromatic rings. The van der Waals surface area contributed by atoms with Crippen molar-refractivity contribution in [3.8, 4) is 11.4 Å². The minimum Gasteiger partial charge on any atom is -0.368 e. The van der Waals surface area contributed by atoms with Crippen LogP contribution in [0.25, 0.3) is 11.4 Å². The summed E-state index contributed by atoms with van der Waals surface area (Å²) in [5.41, 5.74) is 0.378. The van der Waals surface area contributed by atoms with Gasteiger partial charge in [-0.2, -0.15) is 13.2 Å². The third-order valence-electron chi connectivity index (χ3n) is 6.28. The molecule has 1 amide bonds. The summed E-state index contributed by atoms with van der Waals surface area (Å²) in [7, 11) is 0. The number of carbonyl (C=O) groups is 1. The molecule has 3 heterocycles. The molecular formula is C25H25F4N5O. The van der Waals surface area contributed by atoms with Gasteiger partial charge in [0.1, 0.15) is 11.6 Å².